The molecule has 1 saturated heterocycles. The molecule has 2 aromatic carbocycles. The molecule has 0 saturated carbocycles. The highest BCUT2D eigenvalue weighted by atomic mass is 32.2. The molecule has 0 bridgehead atoms. The maximum atomic E-state index is 12.9. The van der Waals surface area contributed by atoms with Gasteiger partial charge in [0, 0.05) is 32.7 Å². The van der Waals surface area contributed by atoms with Crippen molar-refractivity contribution in [1.29, 1.82) is 0 Å². The van der Waals surface area contributed by atoms with Crippen LogP contribution in [0.4, 0.5) is 9.18 Å². The molecule has 1 heterocycles. The van der Waals surface area contributed by atoms with Gasteiger partial charge in [0.2, 0.25) is 15.9 Å². The van der Waals surface area contributed by atoms with Crippen LogP contribution in [0.3, 0.4) is 0 Å². The zero-order valence-corrected chi connectivity index (χ0v) is 18.0. The van der Waals surface area contributed by atoms with Crippen LogP contribution >= 0.6 is 0 Å². The van der Waals surface area contributed by atoms with Crippen molar-refractivity contribution in [2.45, 2.75) is 18.4 Å². The van der Waals surface area contributed by atoms with E-state index in [9.17, 15) is 22.4 Å². The Bertz CT molecular complexity index is 1020. The monoisotopic (exact) mass is 448 g/mol. The van der Waals surface area contributed by atoms with Gasteiger partial charge in [-0.15, -0.1) is 0 Å². The summed E-state index contributed by atoms with van der Waals surface area (Å²) in [7, 11) is -3.60. The second-order valence-electron chi connectivity index (χ2n) is 7.26. The molecule has 3 rings (SSSR count). The average Bonchev–Trinajstić information content (AvgIpc) is 2.77. The number of amides is 3. The molecule has 2 N–H and O–H groups in total. The lowest BCUT2D eigenvalue weighted by Crippen LogP contribution is -2.53. The number of hydrogen-bond acceptors (Lipinski definition) is 4. The summed E-state index contributed by atoms with van der Waals surface area (Å²) >= 11 is 0. The first-order chi connectivity index (χ1) is 14.8. The molecule has 0 atom stereocenters. The number of sulfonamides is 1. The first-order valence-electron chi connectivity index (χ1n) is 9.86. The standard InChI is InChI=1S/C21H25FN4O4S/c1-16-2-8-19(9-3-16)31(29,30)26-12-10-25(11-13-26)20(27)15-24-21(28)23-14-17-4-6-18(22)7-5-17/h2-9H,10-15H2,1H3,(H2,23,24,28). The third-order valence-electron chi connectivity index (χ3n) is 5.02. The fourth-order valence-electron chi connectivity index (χ4n) is 3.15. The number of urea groups is 1. The van der Waals surface area contributed by atoms with E-state index >= 15 is 0 Å². The van der Waals surface area contributed by atoms with Crippen LogP contribution in [-0.2, 0) is 21.4 Å². The Kier molecular flexibility index (Phi) is 7.24. The molecule has 1 fully saturated rings. The van der Waals surface area contributed by atoms with Crippen LogP contribution in [0.5, 0.6) is 0 Å². The van der Waals surface area contributed by atoms with Gasteiger partial charge in [-0.3, -0.25) is 4.79 Å². The number of halogens is 1. The maximum absolute atomic E-state index is 12.9. The van der Waals surface area contributed by atoms with Crippen LogP contribution in [0, 0.1) is 12.7 Å². The summed E-state index contributed by atoms with van der Waals surface area (Å²) in [5.74, 6) is -0.644. The van der Waals surface area contributed by atoms with E-state index in [-0.39, 0.29) is 55.9 Å². The Labute approximate surface area is 181 Å². The molecule has 0 aliphatic carbocycles. The SMILES string of the molecule is Cc1ccc(S(=O)(=O)N2CCN(C(=O)CNC(=O)NCc3ccc(F)cc3)CC2)cc1. The number of carbonyl (C=O) groups excluding carboxylic acids is 2. The van der Waals surface area contributed by atoms with Gasteiger partial charge in [-0.25, -0.2) is 17.6 Å². The molecule has 0 radical (unpaired) electrons. The smallest absolute Gasteiger partial charge is 0.315 e. The summed E-state index contributed by atoms with van der Waals surface area (Å²) < 4.78 is 39.7. The molecule has 1 aliphatic heterocycles. The minimum Gasteiger partial charge on any atom is -0.339 e. The summed E-state index contributed by atoms with van der Waals surface area (Å²) in [4.78, 5) is 26.0. The largest absolute Gasteiger partial charge is 0.339 e. The average molecular weight is 449 g/mol. The highest BCUT2D eigenvalue weighted by molar-refractivity contribution is 7.89. The van der Waals surface area contributed by atoms with Gasteiger partial charge in [0.1, 0.15) is 5.82 Å². The van der Waals surface area contributed by atoms with Crippen molar-refractivity contribution >= 4 is 22.0 Å². The highest BCUT2D eigenvalue weighted by Crippen LogP contribution is 2.18. The highest BCUT2D eigenvalue weighted by Gasteiger charge is 2.30. The van der Waals surface area contributed by atoms with Gasteiger partial charge in [0.25, 0.3) is 0 Å². The maximum Gasteiger partial charge on any atom is 0.315 e. The zero-order chi connectivity index (χ0) is 22.4. The number of aryl methyl sites for hydroxylation is 1. The third kappa shape index (κ3) is 6.02. The Morgan fingerprint density at radius 3 is 2.16 bits per heavy atom. The van der Waals surface area contributed by atoms with Gasteiger partial charge >= 0.3 is 6.03 Å². The molecule has 0 aromatic heterocycles. The lowest BCUT2D eigenvalue weighted by atomic mass is 10.2. The van der Waals surface area contributed by atoms with E-state index < -0.39 is 16.1 Å². The molecule has 10 heteroatoms. The molecule has 1 aliphatic rings. The summed E-state index contributed by atoms with van der Waals surface area (Å²) in [6.07, 6.45) is 0. The van der Waals surface area contributed by atoms with Gasteiger partial charge in [0.15, 0.2) is 0 Å². The lowest BCUT2D eigenvalue weighted by Gasteiger charge is -2.34. The van der Waals surface area contributed by atoms with Gasteiger partial charge in [-0.2, -0.15) is 4.31 Å². The quantitative estimate of drug-likeness (QED) is 0.699. The number of nitrogens with zero attached hydrogens (tertiary/aromatic N) is 2. The molecule has 0 spiro atoms. The Hall–Kier alpha value is -2.98. The topological polar surface area (TPSA) is 98.8 Å². The van der Waals surface area contributed by atoms with Crippen molar-refractivity contribution in [3.63, 3.8) is 0 Å². The second-order valence-corrected chi connectivity index (χ2v) is 9.20. The van der Waals surface area contributed by atoms with Crippen molar-refractivity contribution in [3.8, 4) is 0 Å². The lowest BCUT2D eigenvalue weighted by molar-refractivity contribution is -0.131. The van der Waals surface area contributed by atoms with E-state index in [0.29, 0.717) is 0 Å². The van der Waals surface area contributed by atoms with Gasteiger partial charge < -0.3 is 15.5 Å². The first-order valence-corrected chi connectivity index (χ1v) is 11.3. The number of piperazine rings is 1. The molecule has 8 nitrogen and oxygen atoms in total. The van der Waals surface area contributed by atoms with Crippen molar-refractivity contribution in [2.24, 2.45) is 0 Å². The van der Waals surface area contributed by atoms with Crippen molar-refractivity contribution in [2.75, 3.05) is 32.7 Å². The summed E-state index contributed by atoms with van der Waals surface area (Å²) in [6, 6.07) is 11.9. The number of benzene rings is 2. The van der Waals surface area contributed by atoms with Crippen LogP contribution < -0.4 is 10.6 Å². The Balaban J connectivity index is 1.43. The normalized spacial score (nSPS) is 14.8. The van der Waals surface area contributed by atoms with Crippen molar-refractivity contribution in [3.05, 3.63) is 65.5 Å². The van der Waals surface area contributed by atoms with Gasteiger partial charge in [-0.1, -0.05) is 29.8 Å². The Morgan fingerprint density at radius 2 is 1.55 bits per heavy atom. The predicted octanol–water partition coefficient (Wildman–Crippen LogP) is 1.47. The van der Waals surface area contributed by atoms with Crippen LogP contribution in [0.2, 0.25) is 0 Å². The van der Waals surface area contributed by atoms with Crippen molar-refractivity contribution < 1.29 is 22.4 Å². The summed E-state index contributed by atoms with van der Waals surface area (Å²) in [5, 5.41) is 5.08. The molecular weight excluding hydrogens is 423 g/mol. The van der Waals surface area contributed by atoms with E-state index in [1.54, 1.807) is 36.4 Å². The summed E-state index contributed by atoms with van der Waals surface area (Å²) in [6.45, 7) is 2.79. The van der Waals surface area contributed by atoms with E-state index in [4.69, 9.17) is 0 Å². The molecule has 2 aromatic rings. The number of hydrogen-bond donors (Lipinski definition) is 2. The Morgan fingerprint density at radius 1 is 0.935 bits per heavy atom. The minimum atomic E-state index is -3.60. The fraction of sp³-hybridized carbons (Fsp3) is 0.333. The van der Waals surface area contributed by atoms with Gasteiger partial charge in [0.05, 0.1) is 11.4 Å². The molecular formula is C21H25FN4O4S. The van der Waals surface area contributed by atoms with Crippen molar-refractivity contribution in [1.82, 2.24) is 19.8 Å². The number of rotatable bonds is 6. The van der Waals surface area contributed by atoms with E-state index in [1.165, 1.54) is 21.3 Å². The number of nitrogens with one attached hydrogen (secondary N) is 2. The summed E-state index contributed by atoms with van der Waals surface area (Å²) in [5.41, 5.74) is 1.71. The molecule has 31 heavy (non-hydrogen) atoms. The molecule has 0 unspecified atom stereocenters. The third-order valence-corrected chi connectivity index (χ3v) is 6.93. The van der Waals surface area contributed by atoms with E-state index in [1.807, 2.05) is 6.92 Å². The minimum absolute atomic E-state index is 0.193. The number of carbonyl (C=O) groups is 2. The molecule has 166 valence electrons. The predicted molar refractivity (Wildman–Crippen MR) is 113 cm³/mol. The van der Waals surface area contributed by atoms with E-state index in [0.717, 1.165) is 11.1 Å². The zero-order valence-electron chi connectivity index (χ0n) is 17.2. The van der Waals surface area contributed by atoms with E-state index in [2.05, 4.69) is 10.6 Å². The first kappa shape index (κ1) is 22.7. The fourth-order valence-corrected chi connectivity index (χ4v) is 4.57. The van der Waals surface area contributed by atoms with Crippen LogP contribution in [0.1, 0.15) is 11.1 Å². The van der Waals surface area contributed by atoms with Gasteiger partial charge in [-0.05, 0) is 36.8 Å². The molecule has 3 amide bonds. The van der Waals surface area contributed by atoms with Crippen LogP contribution in [0.25, 0.3) is 0 Å². The van der Waals surface area contributed by atoms with Crippen LogP contribution in [-0.4, -0.2) is 62.3 Å². The van der Waals surface area contributed by atoms with Crippen LogP contribution in [0.15, 0.2) is 53.4 Å². The second kappa shape index (κ2) is 9.88.